The van der Waals surface area contributed by atoms with Gasteiger partial charge in [0.1, 0.15) is 29.9 Å². The Morgan fingerprint density at radius 3 is 1.79 bits per heavy atom. The molecule has 8 heterocycles. The van der Waals surface area contributed by atoms with Crippen LogP contribution in [-0.2, 0) is 14.2 Å². The largest absolute Gasteiger partial charge is 0.474 e. The van der Waals surface area contributed by atoms with Crippen LogP contribution in [0.4, 0.5) is 11.6 Å². The van der Waals surface area contributed by atoms with Crippen LogP contribution in [0.3, 0.4) is 0 Å². The maximum absolute atomic E-state index is 14.3. The highest BCUT2D eigenvalue weighted by Gasteiger charge is 2.37. The Kier molecular flexibility index (Phi) is 11.2. The third-order valence-corrected chi connectivity index (χ3v) is 12.5. The first-order valence-electron chi connectivity index (χ1n) is 21.5. The number of nitrogens with zero attached hydrogens (tertiary/aromatic N) is 10. The van der Waals surface area contributed by atoms with E-state index < -0.39 is 18.0 Å². The Balaban J connectivity index is 0.921. The number of primary amides is 1. The molecule has 2 aliphatic heterocycles. The zero-order chi connectivity index (χ0) is 42.0. The van der Waals surface area contributed by atoms with Gasteiger partial charge in [0.2, 0.25) is 17.7 Å². The maximum Gasteiger partial charge on any atom is 0.340 e. The normalized spacial score (nSPS) is 23.3. The number of hydrogen-bond acceptors (Lipinski definition) is 15. The van der Waals surface area contributed by atoms with Gasteiger partial charge in [-0.15, -0.1) is 0 Å². The van der Waals surface area contributed by atoms with Crippen LogP contribution in [0.1, 0.15) is 77.7 Å². The van der Waals surface area contributed by atoms with Gasteiger partial charge in [-0.2, -0.15) is 9.97 Å². The second-order valence-corrected chi connectivity index (χ2v) is 16.3. The molecule has 2 N–H and O–H groups in total. The van der Waals surface area contributed by atoms with Gasteiger partial charge in [-0.1, -0.05) is 0 Å². The van der Waals surface area contributed by atoms with Crippen molar-refractivity contribution in [2.45, 2.75) is 75.3 Å². The van der Waals surface area contributed by atoms with Crippen LogP contribution >= 0.6 is 0 Å². The van der Waals surface area contributed by atoms with E-state index >= 15 is 0 Å². The first-order chi connectivity index (χ1) is 30.4. The first-order valence-corrected chi connectivity index (χ1v) is 21.5. The van der Waals surface area contributed by atoms with Crippen LogP contribution in [-0.4, -0.2) is 122 Å². The summed E-state index contributed by atoms with van der Waals surface area (Å²) in [5.41, 5.74) is 7.50. The fourth-order valence-electron chi connectivity index (χ4n) is 9.08. The smallest absolute Gasteiger partial charge is 0.340 e. The predicted molar refractivity (Wildman–Crippen MR) is 227 cm³/mol. The highest BCUT2D eigenvalue weighted by atomic mass is 16.5. The zero-order valence-electron chi connectivity index (χ0n) is 34.3. The van der Waals surface area contributed by atoms with E-state index in [0.29, 0.717) is 117 Å². The Hall–Kier alpha value is -6.40. The summed E-state index contributed by atoms with van der Waals surface area (Å²) in [4.78, 5) is 58.7. The van der Waals surface area contributed by atoms with Gasteiger partial charge in [0.15, 0.2) is 0 Å². The molecular weight excluding hydrogens is 795 g/mol. The molecule has 1 unspecified atom stereocenters. The third kappa shape index (κ3) is 8.43. The molecular formula is C44H49N11O7. The minimum atomic E-state index is -0.598. The highest BCUT2D eigenvalue weighted by molar-refractivity contribution is 5.98. The van der Waals surface area contributed by atoms with E-state index in [1.54, 1.807) is 30.9 Å². The minimum absolute atomic E-state index is 0.0459. The van der Waals surface area contributed by atoms with E-state index in [0.717, 1.165) is 31.5 Å². The molecule has 18 nitrogen and oxygen atoms in total. The lowest BCUT2D eigenvalue weighted by Gasteiger charge is -2.36. The van der Waals surface area contributed by atoms with E-state index in [-0.39, 0.29) is 29.4 Å². The van der Waals surface area contributed by atoms with Gasteiger partial charge >= 0.3 is 5.97 Å². The Morgan fingerprint density at radius 1 is 0.661 bits per heavy atom. The monoisotopic (exact) mass is 843 g/mol. The second-order valence-electron chi connectivity index (χ2n) is 16.3. The van der Waals surface area contributed by atoms with Gasteiger partial charge < -0.3 is 48.4 Å². The van der Waals surface area contributed by atoms with Gasteiger partial charge in [0, 0.05) is 88.0 Å². The summed E-state index contributed by atoms with van der Waals surface area (Å²) in [5, 5.41) is 1.21. The van der Waals surface area contributed by atoms with Gasteiger partial charge in [-0.3, -0.25) is 14.8 Å². The van der Waals surface area contributed by atoms with Crippen LogP contribution < -0.4 is 25.0 Å². The Bertz CT molecular complexity index is 2520. The Morgan fingerprint density at radius 2 is 1.21 bits per heavy atom. The lowest BCUT2D eigenvalue weighted by molar-refractivity contribution is -0.0195. The van der Waals surface area contributed by atoms with Crippen LogP contribution in [0.2, 0.25) is 0 Å². The predicted octanol–water partition coefficient (Wildman–Crippen LogP) is 4.70. The first kappa shape index (κ1) is 39.7. The van der Waals surface area contributed by atoms with E-state index in [2.05, 4.69) is 29.3 Å². The van der Waals surface area contributed by atoms with Crippen LogP contribution in [0.25, 0.3) is 21.8 Å². The maximum atomic E-state index is 14.3. The molecule has 0 spiro atoms. The van der Waals surface area contributed by atoms with Crippen molar-refractivity contribution in [1.29, 1.82) is 0 Å². The van der Waals surface area contributed by atoms with Crippen LogP contribution in [0, 0.1) is 0 Å². The fourth-order valence-corrected chi connectivity index (χ4v) is 9.08. The van der Waals surface area contributed by atoms with Crippen molar-refractivity contribution in [2.75, 3.05) is 62.4 Å². The molecule has 6 aromatic rings. The minimum Gasteiger partial charge on any atom is -0.474 e. The molecule has 0 bridgehead atoms. The molecule has 0 aromatic carbocycles. The number of fused-ring (bicyclic) bond motifs is 2. The average Bonchev–Trinajstić information content (AvgIpc) is 4.06. The number of carbonyl (C=O) groups is 2. The lowest BCUT2D eigenvalue weighted by atomic mass is 9.89. The number of amides is 1. The number of morpholine rings is 2. The van der Waals surface area contributed by atoms with E-state index in [1.165, 1.54) is 6.20 Å². The molecule has 2 saturated heterocycles. The standard InChI is InChI=1S/C44H49N11O7/c45-41(56)28-19-33-35(48-24-28)22-40(53-13-17-59-18-14-53)51-43(33)61-32-5-6-37(55-10-8-47-27-55)38(21-32)62-44(57)29-20-34-36(49-25-29)23-39(52-11-15-58-16-12-52)50-42(34)60-31-3-1-30(2-4-31)54-9-7-46-26-54/h7-10,19-20,22-27,30-32,37-38H,1-6,11-18,21H2,(H2,45,56)/t30-,31+,32-,37+,38?/m1/s1. The lowest BCUT2D eigenvalue weighted by Crippen LogP contribution is -2.39. The van der Waals surface area contributed by atoms with Crippen LogP contribution in [0.5, 0.6) is 11.8 Å². The van der Waals surface area contributed by atoms with Crippen molar-refractivity contribution in [3.63, 3.8) is 0 Å². The number of nitrogens with two attached hydrogens (primary N) is 1. The summed E-state index contributed by atoms with van der Waals surface area (Å²) in [6, 6.07) is 7.47. The van der Waals surface area contributed by atoms with Crippen molar-refractivity contribution < 1.29 is 33.3 Å². The van der Waals surface area contributed by atoms with Gasteiger partial charge in [-0.05, 0) is 50.7 Å². The Labute approximate surface area is 357 Å². The highest BCUT2D eigenvalue weighted by Crippen LogP contribution is 2.38. The number of esters is 1. The second kappa shape index (κ2) is 17.5. The van der Waals surface area contributed by atoms with E-state index in [4.69, 9.17) is 44.4 Å². The summed E-state index contributed by atoms with van der Waals surface area (Å²) in [6.45, 7) is 5.14. The summed E-state index contributed by atoms with van der Waals surface area (Å²) < 4.78 is 35.2. The number of imidazole rings is 2. The number of aromatic nitrogens is 8. The number of pyridine rings is 4. The summed E-state index contributed by atoms with van der Waals surface area (Å²) in [7, 11) is 0. The fraction of sp³-hybridized carbons (Fsp3) is 0.455. The molecule has 3 atom stereocenters. The zero-order valence-corrected chi connectivity index (χ0v) is 34.3. The van der Waals surface area contributed by atoms with Gasteiger partial charge in [0.05, 0.1) is 78.1 Å². The van der Waals surface area contributed by atoms with Crippen molar-refractivity contribution in [3.8, 4) is 11.8 Å². The van der Waals surface area contributed by atoms with E-state index in [1.807, 2.05) is 41.6 Å². The van der Waals surface area contributed by atoms with Crippen molar-refractivity contribution >= 4 is 45.3 Å². The molecule has 0 radical (unpaired) electrons. The molecule has 10 rings (SSSR count). The molecule has 2 saturated carbocycles. The van der Waals surface area contributed by atoms with E-state index in [9.17, 15) is 9.59 Å². The third-order valence-electron chi connectivity index (χ3n) is 12.5. The quantitative estimate of drug-likeness (QED) is 0.176. The number of carbonyl (C=O) groups excluding carboxylic acids is 2. The van der Waals surface area contributed by atoms with Gasteiger partial charge in [-0.25, -0.2) is 14.8 Å². The molecule has 322 valence electrons. The van der Waals surface area contributed by atoms with Crippen molar-refractivity contribution in [2.24, 2.45) is 5.73 Å². The number of rotatable bonds is 11. The number of anilines is 2. The average molecular weight is 844 g/mol. The number of ether oxygens (including phenoxy) is 5. The number of hydrogen-bond donors (Lipinski definition) is 1. The van der Waals surface area contributed by atoms with Crippen LogP contribution in [0.15, 0.2) is 74.1 Å². The molecule has 4 aliphatic rings. The van der Waals surface area contributed by atoms with Crippen molar-refractivity contribution in [3.05, 3.63) is 85.2 Å². The molecule has 18 heteroatoms. The molecule has 4 fully saturated rings. The molecule has 62 heavy (non-hydrogen) atoms. The van der Waals surface area contributed by atoms with Crippen molar-refractivity contribution in [1.82, 2.24) is 39.0 Å². The summed E-state index contributed by atoms with van der Waals surface area (Å²) >= 11 is 0. The molecule has 2 aliphatic carbocycles. The van der Waals surface area contributed by atoms with Gasteiger partial charge in [0.25, 0.3) is 0 Å². The summed E-state index contributed by atoms with van der Waals surface area (Å²) in [5.74, 6) is 1.13. The SMILES string of the molecule is NC(=O)c1cnc2cc(N3CCOCC3)nc(O[C@@H]3CC[C@H](n4ccnc4)C(OC(=O)c4cnc5cc(N6CCOCC6)nc(O[C@H]6CC[C@@H](n7ccnc7)CC6)c5c4)C3)c2c1. The summed E-state index contributed by atoms with van der Waals surface area (Å²) in [6.07, 6.45) is 18.3. The molecule has 6 aromatic heterocycles. The topological polar surface area (TPSA) is 200 Å². The molecule has 1 amide bonds.